The quantitative estimate of drug-likeness (QED) is 0.723. The summed E-state index contributed by atoms with van der Waals surface area (Å²) in [4.78, 5) is 4.58. The van der Waals surface area contributed by atoms with Crippen molar-refractivity contribution in [2.24, 2.45) is 4.99 Å². The van der Waals surface area contributed by atoms with Crippen LogP contribution in [0, 0.1) is 5.82 Å². The van der Waals surface area contributed by atoms with Crippen LogP contribution < -0.4 is 0 Å². The molecule has 1 aliphatic heterocycles. The van der Waals surface area contributed by atoms with Gasteiger partial charge in [-0.1, -0.05) is 35.3 Å². The van der Waals surface area contributed by atoms with Gasteiger partial charge in [0.25, 0.3) is 0 Å². The van der Waals surface area contributed by atoms with E-state index >= 15 is 0 Å². The topological polar surface area (TPSA) is 21.6 Å². The third kappa shape index (κ3) is 2.96. The Bertz CT molecular complexity index is 754. The van der Waals surface area contributed by atoms with Crippen LogP contribution in [-0.2, 0) is 4.74 Å². The summed E-state index contributed by atoms with van der Waals surface area (Å²) in [6.45, 7) is 4.47. The lowest BCUT2D eigenvalue weighted by atomic mass is 9.99. The zero-order valence-corrected chi connectivity index (χ0v) is 13.7. The molecular weight excluding hydrogens is 324 g/mol. The summed E-state index contributed by atoms with van der Waals surface area (Å²) in [6.07, 6.45) is 0. The van der Waals surface area contributed by atoms with Gasteiger partial charge < -0.3 is 4.74 Å². The van der Waals surface area contributed by atoms with Crippen molar-refractivity contribution in [1.82, 2.24) is 0 Å². The molecule has 1 aliphatic rings. The lowest BCUT2D eigenvalue weighted by Gasteiger charge is -2.12. The summed E-state index contributed by atoms with van der Waals surface area (Å²) in [5.74, 6) is 0.194. The number of rotatable bonds is 2. The summed E-state index contributed by atoms with van der Waals surface area (Å²) in [6, 6.07) is 9.60. The molecule has 5 heteroatoms. The number of hydrogen-bond acceptors (Lipinski definition) is 2. The van der Waals surface area contributed by atoms with E-state index in [9.17, 15) is 4.39 Å². The average molecular weight is 338 g/mol. The molecule has 0 N–H and O–H groups in total. The standard InChI is InChI=1S/C17H14Cl2FNO/c1-17(2)9-22-16(21-17)15-13(7-11(18)8-14(15)19)10-3-5-12(20)6-4-10/h3-8H,9H2,1-2H3. The zero-order valence-electron chi connectivity index (χ0n) is 12.2. The highest BCUT2D eigenvalue weighted by Crippen LogP contribution is 2.35. The first-order valence-electron chi connectivity index (χ1n) is 6.84. The van der Waals surface area contributed by atoms with Crippen molar-refractivity contribution in [3.05, 3.63) is 57.8 Å². The van der Waals surface area contributed by atoms with Gasteiger partial charge in [-0.05, 0) is 49.2 Å². The van der Waals surface area contributed by atoms with Crippen LogP contribution in [0.4, 0.5) is 4.39 Å². The first kappa shape index (κ1) is 15.3. The Kier molecular flexibility index (Phi) is 3.87. The molecule has 0 saturated heterocycles. The molecule has 114 valence electrons. The van der Waals surface area contributed by atoms with Crippen LogP contribution in [0.3, 0.4) is 0 Å². The molecule has 2 aromatic rings. The molecule has 3 rings (SSSR count). The molecule has 1 heterocycles. The number of ether oxygens (including phenoxy) is 1. The molecule has 0 fully saturated rings. The van der Waals surface area contributed by atoms with E-state index in [0.29, 0.717) is 28.1 Å². The number of nitrogens with zero attached hydrogens (tertiary/aromatic N) is 1. The third-order valence-electron chi connectivity index (χ3n) is 3.39. The van der Waals surface area contributed by atoms with Gasteiger partial charge in [-0.15, -0.1) is 0 Å². The Balaban J connectivity index is 2.20. The molecule has 22 heavy (non-hydrogen) atoms. The highest BCUT2D eigenvalue weighted by Gasteiger charge is 2.30. The maximum Gasteiger partial charge on any atom is 0.218 e. The average Bonchev–Trinajstić information content (AvgIpc) is 2.78. The van der Waals surface area contributed by atoms with Crippen molar-refractivity contribution >= 4 is 29.1 Å². The minimum absolute atomic E-state index is 0.293. The van der Waals surface area contributed by atoms with Crippen LogP contribution >= 0.6 is 23.2 Å². The molecular formula is C17H14Cl2FNO. The Morgan fingerprint density at radius 3 is 2.41 bits per heavy atom. The maximum absolute atomic E-state index is 13.2. The van der Waals surface area contributed by atoms with E-state index in [1.807, 2.05) is 13.8 Å². The van der Waals surface area contributed by atoms with Crippen molar-refractivity contribution in [2.75, 3.05) is 6.61 Å². The first-order chi connectivity index (χ1) is 10.4. The molecule has 0 atom stereocenters. The molecule has 0 bridgehead atoms. The molecule has 0 aliphatic carbocycles. The monoisotopic (exact) mass is 337 g/mol. The largest absolute Gasteiger partial charge is 0.475 e. The fraction of sp³-hybridized carbons (Fsp3) is 0.235. The summed E-state index contributed by atoms with van der Waals surface area (Å²) < 4.78 is 18.9. The van der Waals surface area contributed by atoms with Crippen LogP contribution in [0.2, 0.25) is 10.0 Å². The summed E-state index contributed by atoms with van der Waals surface area (Å²) >= 11 is 12.5. The van der Waals surface area contributed by atoms with E-state index < -0.39 is 0 Å². The number of benzene rings is 2. The molecule has 0 spiro atoms. The van der Waals surface area contributed by atoms with Crippen molar-refractivity contribution in [3.8, 4) is 11.1 Å². The molecule has 0 saturated carbocycles. The van der Waals surface area contributed by atoms with Crippen LogP contribution in [0.25, 0.3) is 11.1 Å². The van der Waals surface area contributed by atoms with Crippen molar-refractivity contribution < 1.29 is 9.13 Å². The SMILES string of the molecule is CC1(C)COC(c2c(Cl)cc(Cl)cc2-c2ccc(F)cc2)=N1. The third-order valence-corrected chi connectivity index (χ3v) is 3.91. The fourth-order valence-corrected chi connectivity index (χ4v) is 2.93. The van der Waals surface area contributed by atoms with E-state index in [0.717, 1.165) is 11.1 Å². The van der Waals surface area contributed by atoms with E-state index in [1.165, 1.54) is 12.1 Å². The molecule has 0 radical (unpaired) electrons. The normalized spacial score (nSPS) is 16.3. The summed E-state index contributed by atoms with van der Waals surface area (Å²) in [5.41, 5.74) is 1.97. The lowest BCUT2D eigenvalue weighted by molar-refractivity contribution is 0.279. The number of hydrogen-bond donors (Lipinski definition) is 0. The zero-order chi connectivity index (χ0) is 15.9. The maximum atomic E-state index is 13.2. The molecule has 2 nitrogen and oxygen atoms in total. The van der Waals surface area contributed by atoms with Gasteiger partial charge in [-0.3, -0.25) is 0 Å². The van der Waals surface area contributed by atoms with Gasteiger partial charge in [0.15, 0.2) is 0 Å². The van der Waals surface area contributed by atoms with Gasteiger partial charge in [-0.25, -0.2) is 9.38 Å². The highest BCUT2D eigenvalue weighted by atomic mass is 35.5. The van der Waals surface area contributed by atoms with E-state index in [-0.39, 0.29) is 11.4 Å². The first-order valence-corrected chi connectivity index (χ1v) is 7.59. The Hall–Kier alpha value is -1.58. The highest BCUT2D eigenvalue weighted by molar-refractivity contribution is 6.37. The van der Waals surface area contributed by atoms with Gasteiger partial charge in [-0.2, -0.15) is 0 Å². The van der Waals surface area contributed by atoms with E-state index in [2.05, 4.69) is 4.99 Å². The second kappa shape index (κ2) is 5.56. The Labute approximate surface area is 138 Å². The van der Waals surface area contributed by atoms with E-state index in [1.54, 1.807) is 24.3 Å². The fourth-order valence-electron chi connectivity index (χ4n) is 2.36. The second-order valence-corrected chi connectivity index (χ2v) is 6.68. The van der Waals surface area contributed by atoms with Gasteiger partial charge in [0.05, 0.1) is 16.1 Å². The molecule has 0 unspecified atom stereocenters. The minimum atomic E-state index is -0.297. The summed E-state index contributed by atoms with van der Waals surface area (Å²) in [5, 5.41) is 0.967. The smallest absolute Gasteiger partial charge is 0.218 e. The number of halogens is 3. The minimum Gasteiger partial charge on any atom is -0.475 e. The van der Waals surface area contributed by atoms with Crippen molar-refractivity contribution in [2.45, 2.75) is 19.4 Å². The predicted molar refractivity (Wildman–Crippen MR) is 88.4 cm³/mol. The summed E-state index contributed by atoms with van der Waals surface area (Å²) in [7, 11) is 0. The van der Waals surface area contributed by atoms with Crippen LogP contribution in [0.1, 0.15) is 19.4 Å². The molecule has 2 aromatic carbocycles. The molecule has 0 aromatic heterocycles. The van der Waals surface area contributed by atoms with Crippen LogP contribution in [0.5, 0.6) is 0 Å². The Morgan fingerprint density at radius 2 is 1.82 bits per heavy atom. The predicted octanol–water partition coefficient (Wildman–Crippen LogP) is 5.35. The van der Waals surface area contributed by atoms with Gasteiger partial charge >= 0.3 is 0 Å². The molecule has 0 amide bonds. The van der Waals surface area contributed by atoms with Crippen molar-refractivity contribution in [1.29, 1.82) is 0 Å². The van der Waals surface area contributed by atoms with E-state index in [4.69, 9.17) is 27.9 Å². The second-order valence-electron chi connectivity index (χ2n) is 5.84. The van der Waals surface area contributed by atoms with Gasteiger partial charge in [0.1, 0.15) is 12.4 Å². The van der Waals surface area contributed by atoms with Crippen LogP contribution in [0.15, 0.2) is 41.4 Å². The number of aliphatic imine (C=N–C) groups is 1. The van der Waals surface area contributed by atoms with Gasteiger partial charge in [0, 0.05) is 5.02 Å². The van der Waals surface area contributed by atoms with Crippen LogP contribution in [-0.4, -0.2) is 18.0 Å². The Morgan fingerprint density at radius 1 is 1.14 bits per heavy atom. The van der Waals surface area contributed by atoms with Gasteiger partial charge in [0.2, 0.25) is 5.90 Å². The van der Waals surface area contributed by atoms with Crippen molar-refractivity contribution in [3.63, 3.8) is 0 Å². The lowest BCUT2D eigenvalue weighted by Crippen LogP contribution is -2.17.